The van der Waals surface area contributed by atoms with Crippen LogP contribution in [0.1, 0.15) is 26.3 Å². The number of hydrogen-bond donors (Lipinski definition) is 2. The fourth-order valence-electron chi connectivity index (χ4n) is 1.82. The Hall–Kier alpha value is -2.43. The van der Waals surface area contributed by atoms with Gasteiger partial charge in [0, 0.05) is 11.6 Å². The highest BCUT2D eigenvalue weighted by atomic mass is 16.1. The molecule has 0 radical (unpaired) electrons. The number of nitrogens with one attached hydrogen (secondary N) is 2. The Bertz CT molecular complexity index is 608. The second-order valence-electron chi connectivity index (χ2n) is 5.08. The van der Waals surface area contributed by atoms with Crippen molar-refractivity contribution in [2.24, 2.45) is 5.92 Å². The molecule has 2 aromatic rings. The van der Waals surface area contributed by atoms with E-state index < -0.39 is 0 Å². The summed E-state index contributed by atoms with van der Waals surface area (Å²) in [5.41, 5.74) is 2.24. The summed E-state index contributed by atoms with van der Waals surface area (Å²) in [6, 6.07) is 11.6. The van der Waals surface area contributed by atoms with Crippen LogP contribution in [-0.2, 0) is 11.2 Å². The summed E-state index contributed by atoms with van der Waals surface area (Å²) in [6.45, 7) is 5.78. The van der Waals surface area contributed by atoms with Crippen molar-refractivity contribution in [2.45, 2.75) is 27.2 Å². The Balaban J connectivity index is 2.07. The minimum absolute atomic E-state index is 0.0682. The maximum atomic E-state index is 11.6. The average molecular weight is 284 g/mol. The molecule has 1 aromatic carbocycles. The van der Waals surface area contributed by atoms with Crippen LogP contribution < -0.4 is 10.6 Å². The highest BCUT2D eigenvalue weighted by Crippen LogP contribution is 2.20. The van der Waals surface area contributed by atoms with Gasteiger partial charge in [0.2, 0.25) is 5.91 Å². The van der Waals surface area contributed by atoms with Crippen molar-refractivity contribution < 1.29 is 4.79 Å². The monoisotopic (exact) mass is 284 g/mol. The van der Waals surface area contributed by atoms with E-state index in [-0.39, 0.29) is 11.8 Å². The zero-order valence-electron chi connectivity index (χ0n) is 12.6. The molecule has 0 fully saturated rings. The van der Waals surface area contributed by atoms with Gasteiger partial charge in [-0.05, 0) is 30.2 Å². The fourth-order valence-corrected chi connectivity index (χ4v) is 1.82. The number of anilines is 3. The van der Waals surface area contributed by atoms with E-state index in [1.807, 2.05) is 32.0 Å². The molecule has 0 atom stereocenters. The van der Waals surface area contributed by atoms with Crippen molar-refractivity contribution in [3.63, 3.8) is 0 Å². The molecule has 110 valence electrons. The third kappa shape index (κ3) is 4.02. The lowest BCUT2D eigenvalue weighted by Crippen LogP contribution is -2.18. The lowest BCUT2D eigenvalue weighted by atomic mass is 10.1. The molecule has 0 bridgehead atoms. The molecule has 1 amide bonds. The molecule has 0 spiro atoms. The quantitative estimate of drug-likeness (QED) is 0.883. The molecule has 2 rings (SSSR count). The predicted molar refractivity (Wildman–Crippen MR) is 84.6 cm³/mol. The molecule has 1 aromatic heterocycles. The van der Waals surface area contributed by atoms with Gasteiger partial charge in [0.05, 0.1) is 0 Å². The minimum Gasteiger partial charge on any atom is -0.339 e. The highest BCUT2D eigenvalue weighted by molar-refractivity contribution is 5.91. The summed E-state index contributed by atoms with van der Waals surface area (Å²) in [6.07, 6.45) is 0.944. The van der Waals surface area contributed by atoms with Crippen molar-refractivity contribution in [2.75, 3.05) is 10.6 Å². The van der Waals surface area contributed by atoms with Gasteiger partial charge in [0.15, 0.2) is 11.6 Å². The molecule has 0 aliphatic rings. The number of carbonyl (C=O) groups excluding carboxylic acids is 1. The summed E-state index contributed by atoms with van der Waals surface area (Å²) in [5.74, 6) is 0.962. The van der Waals surface area contributed by atoms with Crippen LogP contribution in [-0.4, -0.2) is 16.1 Å². The van der Waals surface area contributed by atoms with Crippen LogP contribution in [0.25, 0.3) is 0 Å². The van der Waals surface area contributed by atoms with Gasteiger partial charge in [-0.25, -0.2) is 0 Å². The molecule has 0 aliphatic carbocycles. The molecular weight excluding hydrogens is 264 g/mol. The van der Waals surface area contributed by atoms with Gasteiger partial charge >= 0.3 is 0 Å². The van der Waals surface area contributed by atoms with E-state index in [1.165, 1.54) is 5.56 Å². The van der Waals surface area contributed by atoms with E-state index in [9.17, 15) is 4.79 Å². The van der Waals surface area contributed by atoms with Crippen LogP contribution >= 0.6 is 0 Å². The van der Waals surface area contributed by atoms with E-state index in [0.717, 1.165) is 12.1 Å². The first-order chi connectivity index (χ1) is 10.1. The normalized spacial score (nSPS) is 10.5. The number of benzene rings is 1. The Morgan fingerprint density at radius 2 is 1.76 bits per heavy atom. The third-order valence-corrected chi connectivity index (χ3v) is 3.10. The Morgan fingerprint density at radius 3 is 2.38 bits per heavy atom. The maximum Gasteiger partial charge on any atom is 0.228 e. The Labute approximate surface area is 124 Å². The largest absolute Gasteiger partial charge is 0.339 e. The van der Waals surface area contributed by atoms with E-state index in [1.54, 1.807) is 12.1 Å². The lowest BCUT2D eigenvalue weighted by molar-refractivity contribution is -0.118. The summed E-state index contributed by atoms with van der Waals surface area (Å²) in [5, 5.41) is 14.0. The van der Waals surface area contributed by atoms with E-state index in [4.69, 9.17) is 0 Å². The van der Waals surface area contributed by atoms with Crippen molar-refractivity contribution in [1.82, 2.24) is 10.2 Å². The fraction of sp³-hybridized carbons (Fsp3) is 0.312. The number of hydrogen-bond acceptors (Lipinski definition) is 4. The van der Waals surface area contributed by atoms with Crippen LogP contribution in [0.5, 0.6) is 0 Å². The van der Waals surface area contributed by atoms with E-state index in [0.29, 0.717) is 11.6 Å². The first-order valence-electron chi connectivity index (χ1n) is 7.09. The summed E-state index contributed by atoms with van der Waals surface area (Å²) < 4.78 is 0. The second-order valence-corrected chi connectivity index (χ2v) is 5.08. The lowest BCUT2D eigenvalue weighted by Gasteiger charge is -2.10. The van der Waals surface area contributed by atoms with Gasteiger partial charge in [-0.15, -0.1) is 10.2 Å². The summed E-state index contributed by atoms with van der Waals surface area (Å²) in [4.78, 5) is 11.6. The van der Waals surface area contributed by atoms with Gasteiger partial charge in [-0.1, -0.05) is 39.0 Å². The van der Waals surface area contributed by atoms with Crippen LogP contribution in [0.4, 0.5) is 17.3 Å². The van der Waals surface area contributed by atoms with E-state index >= 15 is 0 Å². The smallest absolute Gasteiger partial charge is 0.228 e. The number of aryl methyl sites for hydroxylation is 1. The first kappa shape index (κ1) is 15.0. The highest BCUT2D eigenvalue weighted by Gasteiger charge is 2.08. The van der Waals surface area contributed by atoms with Crippen molar-refractivity contribution in [3.05, 3.63) is 42.0 Å². The molecular formula is C16H20N4O. The molecule has 2 N–H and O–H groups in total. The maximum absolute atomic E-state index is 11.6. The number of nitrogens with zero attached hydrogens (tertiary/aromatic N) is 2. The molecule has 0 unspecified atom stereocenters. The third-order valence-electron chi connectivity index (χ3n) is 3.10. The Kier molecular flexibility index (Phi) is 4.87. The predicted octanol–water partition coefficient (Wildman–Crippen LogP) is 3.38. The molecule has 0 saturated carbocycles. The van der Waals surface area contributed by atoms with Crippen molar-refractivity contribution >= 4 is 23.2 Å². The van der Waals surface area contributed by atoms with Crippen LogP contribution in [0.2, 0.25) is 0 Å². The zero-order chi connectivity index (χ0) is 15.2. The van der Waals surface area contributed by atoms with Crippen molar-refractivity contribution in [1.29, 1.82) is 0 Å². The Morgan fingerprint density at radius 1 is 1.10 bits per heavy atom. The number of aromatic nitrogens is 2. The van der Waals surface area contributed by atoms with Gasteiger partial charge in [0.25, 0.3) is 0 Å². The molecule has 5 nitrogen and oxygen atoms in total. The van der Waals surface area contributed by atoms with Gasteiger partial charge in [0.1, 0.15) is 0 Å². The number of amides is 1. The number of para-hydroxylation sites is 1. The molecule has 21 heavy (non-hydrogen) atoms. The van der Waals surface area contributed by atoms with Crippen LogP contribution in [0, 0.1) is 5.92 Å². The van der Waals surface area contributed by atoms with Crippen LogP contribution in [0.15, 0.2) is 36.4 Å². The number of carbonyl (C=O) groups is 1. The van der Waals surface area contributed by atoms with Gasteiger partial charge in [-0.3, -0.25) is 4.79 Å². The molecule has 1 heterocycles. The molecule has 0 saturated heterocycles. The van der Waals surface area contributed by atoms with Crippen LogP contribution in [0.3, 0.4) is 0 Å². The molecule has 0 aliphatic heterocycles. The minimum atomic E-state index is -0.0824. The van der Waals surface area contributed by atoms with Gasteiger partial charge < -0.3 is 10.6 Å². The van der Waals surface area contributed by atoms with Crippen molar-refractivity contribution in [3.8, 4) is 0 Å². The molecule has 5 heteroatoms. The standard InChI is InChI=1S/C16H20N4O/c1-4-12-7-5-6-8-13(12)17-14-9-10-15(20-19-14)18-16(21)11(2)3/h5-11H,4H2,1-3H3,(H,17,19)(H,18,20,21). The SMILES string of the molecule is CCc1ccccc1Nc1ccc(NC(=O)C(C)C)nn1. The topological polar surface area (TPSA) is 66.9 Å². The average Bonchev–Trinajstić information content (AvgIpc) is 2.49. The summed E-state index contributed by atoms with van der Waals surface area (Å²) in [7, 11) is 0. The zero-order valence-corrected chi connectivity index (χ0v) is 12.6. The first-order valence-corrected chi connectivity index (χ1v) is 7.09. The second kappa shape index (κ2) is 6.83. The summed E-state index contributed by atoms with van der Waals surface area (Å²) >= 11 is 0. The number of rotatable bonds is 5. The van der Waals surface area contributed by atoms with E-state index in [2.05, 4.69) is 33.8 Å². The van der Waals surface area contributed by atoms with Gasteiger partial charge in [-0.2, -0.15) is 0 Å².